The second-order valence-electron chi connectivity index (χ2n) is 4.46. The Bertz CT molecular complexity index is 362. The number of hydrogen-bond donors (Lipinski definition) is 2. The van der Waals surface area contributed by atoms with Gasteiger partial charge in [0.1, 0.15) is 0 Å². The van der Waals surface area contributed by atoms with Crippen LogP contribution >= 0.6 is 23.2 Å². The summed E-state index contributed by atoms with van der Waals surface area (Å²) in [6.07, 6.45) is 2.19. The minimum Gasteiger partial charge on any atom is -0.396 e. The highest BCUT2D eigenvalue weighted by Crippen LogP contribution is 2.33. The number of aliphatic hydroxyl groups is 2. The third-order valence-corrected chi connectivity index (χ3v) is 3.91. The van der Waals surface area contributed by atoms with E-state index in [4.69, 9.17) is 23.2 Å². The van der Waals surface area contributed by atoms with Crippen LogP contribution < -0.4 is 0 Å². The molecule has 0 saturated heterocycles. The van der Waals surface area contributed by atoms with Gasteiger partial charge in [-0.2, -0.15) is 0 Å². The highest BCUT2D eigenvalue weighted by atomic mass is 35.5. The molecule has 0 bridgehead atoms. The Morgan fingerprint density at radius 1 is 1.18 bits per heavy atom. The van der Waals surface area contributed by atoms with E-state index in [2.05, 4.69) is 0 Å². The average Bonchev–Trinajstić information content (AvgIpc) is 2.34. The molecule has 1 rings (SSSR count). The quantitative estimate of drug-likeness (QED) is 0.837. The van der Waals surface area contributed by atoms with Gasteiger partial charge in [0.15, 0.2) is 0 Å². The van der Waals surface area contributed by atoms with Gasteiger partial charge in [-0.15, -0.1) is 0 Å². The lowest BCUT2D eigenvalue weighted by atomic mass is 9.79. The first-order chi connectivity index (χ1) is 8.08. The van der Waals surface area contributed by atoms with Crippen molar-refractivity contribution in [2.45, 2.75) is 26.2 Å². The third-order valence-electron chi connectivity index (χ3n) is 3.05. The molecule has 0 aliphatic rings. The zero-order valence-corrected chi connectivity index (χ0v) is 11.4. The zero-order chi connectivity index (χ0) is 12.9. The molecular weight excluding hydrogens is 259 g/mol. The van der Waals surface area contributed by atoms with Crippen LogP contribution in [-0.2, 0) is 6.42 Å². The minimum atomic E-state index is -0.511. The van der Waals surface area contributed by atoms with Crippen molar-refractivity contribution in [2.24, 2.45) is 5.41 Å². The van der Waals surface area contributed by atoms with Gasteiger partial charge >= 0.3 is 0 Å². The molecule has 1 aromatic carbocycles. The fraction of sp³-hybridized carbons (Fsp3) is 0.538. The first-order valence-electron chi connectivity index (χ1n) is 5.73. The maximum Gasteiger partial charge on any atom is 0.0624 e. The lowest BCUT2D eigenvalue weighted by molar-refractivity contribution is 0.0466. The lowest BCUT2D eigenvalue weighted by Gasteiger charge is -2.30. The van der Waals surface area contributed by atoms with Crippen LogP contribution in [0.5, 0.6) is 0 Å². The monoisotopic (exact) mass is 276 g/mol. The van der Waals surface area contributed by atoms with Crippen molar-refractivity contribution in [1.29, 1.82) is 0 Å². The molecule has 0 aromatic heterocycles. The molecule has 2 N–H and O–H groups in total. The normalized spacial score (nSPS) is 11.8. The second kappa shape index (κ2) is 6.60. The van der Waals surface area contributed by atoms with Crippen LogP contribution in [-0.4, -0.2) is 23.4 Å². The molecule has 0 aliphatic heterocycles. The molecule has 0 spiro atoms. The van der Waals surface area contributed by atoms with Crippen molar-refractivity contribution in [1.82, 2.24) is 0 Å². The molecule has 0 amide bonds. The molecule has 17 heavy (non-hydrogen) atoms. The van der Waals surface area contributed by atoms with Crippen molar-refractivity contribution >= 4 is 23.2 Å². The van der Waals surface area contributed by atoms with Crippen LogP contribution in [0.1, 0.15) is 25.3 Å². The Hall–Kier alpha value is -0.280. The molecule has 0 fully saturated rings. The number of halogens is 2. The van der Waals surface area contributed by atoms with E-state index in [0.717, 1.165) is 18.4 Å². The minimum absolute atomic E-state index is 0.0554. The largest absolute Gasteiger partial charge is 0.396 e. The molecule has 2 nitrogen and oxygen atoms in total. The Kier molecular flexibility index (Phi) is 5.74. The predicted molar refractivity (Wildman–Crippen MR) is 71.7 cm³/mol. The van der Waals surface area contributed by atoms with Gasteiger partial charge in [0.05, 0.1) is 23.3 Å². The number of rotatable bonds is 6. The molecule has 0 aliphatic carbocycles. The average molecular weight is 277 g/mol. The van der Waals surface area contributed by atoms with E-state index in [0.29, 0.717) is 16.5 Å². The lowest BCUT2D eigenvalue weighted by Crippen LogP contribution is -2.32. The SMILES string of the molecule is CCCC(CO)(CO)Cc1cccc(Cl)c1Cl. The topological polar surface area (TPSA) is 40.5 Å². The van der Waals surface area contributed by atoms with E-state index in [1.165, 1.54) is 0 Å². The molecular formula is C13H18Cl2O2. The fourth-order valence-corrected chi connectivity index (χ4v) is 2.41. The van der Waals surface area contributed by atoms with Crippen LogP contribution in [0.15, 0.2) is 18.2 Å². The summed E-state index contributed by atoms with van der Waals surface area (Å²) in [5.41, 5.74) is 0.360. The van der Waals surface area contributed by atoms with Crippen molar-refractivity contribution in [3.05, 3.63) is 33.8 Å². The van der Waals surface area contributed by atoms with Gasteiger partial charge in [-0.3, -0.25) is 0 Å². The van der Waals surface area contributed by atoms with Gasteiger partial charge in [-0.1, -0.05) is 48.7 Å². The van der Waals surface area contributed by atoms with E-state index >= 15 is 0 Å². The highest BCUT2D eigenvalue weighted by Gasteiger charge is 2.29. The molecule has 0 saturated carbocycles. The molecule has 0 heterocycles. The summed E-state index contributed by atoms with van der Waals surface area (Å²) in [4.78, 5) is 0. The van der Waals surface area contributed by atoms with Crippen LogP contribution in [0.25, 0.3) is 0 Å². The van der Waals surface area contributed by atoms with Crippen molar-refractivity contribution in [2.75, 3.05) is 13.2 Å². The molecule has 1 aromatic rings. The Balaban J connectivity index is 2.97. The molecule has 0 atom stereocenters. The first-order valence-corrected chi connectivity index (χ1v) is 6.49. The van der Waals surface area contributed by atoms with E-state index < -0.39 is 5.41 Å². The number of benzene rings is 1. The van der Waals surface area contributed by atoms with Crippen molar-refractivity contribution in [3.8, 4) is 0 Å². The standard InChI is InChI=1S/C13H18Cl2O2/c1-2-6-13(8-16,9-17)7-10-4-3-5-11(14)12(10)15/h3-5,16-17H,2,6-9H2,1H3. The first kappa shape index (κ1) is 14.8. The summed E-state index contributed by atoms with van der Waals surface area (Å²) in [5, 5.41) is 20.0. The summed E-state index contributed by atoms with van der Waals surface area (Å²) in [7, 11) is 0. The summed E-state index contributed by atoms with van der Waals surface area (Å²) in [6.45, 7) is 1.92. The molecule has 0 unspecified atom stereocenters. The van der Waals surface area contributed by atoms with E-state index in [9.17, 15) is 10.2 Å². The smallest absolute Gasteiger partial charge is 0.0624 e. The van der Waals surface area contributed by atoms with Gasteiger partial charge in [0.25, 0.3) is 0 Å². The van der Waals surface area contributed by atoms with Crippen LogP contribution in [0.4, 0.5) is 0 Å². The maximum absolute atomic E-state index is 9.49. The van der Waals surface area contributed by atoms with E-state index in [1.807, 2.05) is 19.1 Å². The van der Waals surface area contributed by atoms with Gasteiger partial charge in [-0.25, -0.2) is 0 Å². The Morgan fingerprint density at radius 2 is 1.82 bits per heavy atom. The summed E-state index contributed by atoms with van der Waals surface area (Å²) < 4.78 is 0. The second-order valence-corrected chi connectivity index (χ2v) is 5.24. The third kappa shape index (κ3) is 3.59. The summed E-state index contributed by atoms with van der Waals surface area (Å²) >= 11 is 12.1. The van der Waals surface area contributed by atoms with Crippen LogP contribution in [0, 0.1) is 5.41 Å². The zero-order valence-electron chi connectivity index (χ0n) is 9.92. The highest BCUT2D eigenvalue weighted by molar-refractivity contribution is 6.42. The number of hydrogen-bond acceptors (Lipinski definition) is 2. The predicted octanol–water partition coefficient (Wildman–Crippen LogP) is 3.31. The van der Waals surface area contributed by atoms with Gasteiger partial charge < -0.3 is 10.2 Å². The van der Waals surface area contributed by atoms with Crippen molar-refractivity contribution in [3.63, 3.8) is 0 Å². The van der Waals surface area contributed by atoms with Crippen LogP contribution in [0.2, 0.25) is 10.0 Å². The van der Waals surface area contributed by atoms with E-state index in [1.54, 1.807) is 6.07 Å². The summed E-state index contributed by atoms with van der Waals surface area (Å²) in [5.74, 6) is 0. The van der Waals surface area contributed by atoms with Crippen molar-refractivity contribution < 1.29 is 10.2 Å². The summed E-state index contributed by atoms with van der Waals surface area (Å²) in [6, 6.07) is 5.44. The Labute approximate surface area is 112 Å². The molecule has 0 radical (unpaired) electrons. The van der Waals surface area contributed by atoms with Gasteiger partial charge in [-0.05, 0) is 24.5 Å². The van der Waals surface area contributed by atoms with Crippen LogP contribution in [0.3, 0.4) is 0 Å². The van der Waals surface area contributed by atoms with Gasteiger partial charge in [0, 0.05) is 5.41 Å². The molecule has 96 valence electrons. The maximum atomic E-state index is 9.49. The molecule has 4 heteroatoms. The Morgan fingerprint density at radius 3 is 2.35 bits per heavy atom. The fourth-order valence-electron chi connectivity index (χ4n) is 2.03. The van der Waals surface area contributed by atoms with E-state index in [-0.39, 0.29) is 13.2 Å². The van der Waals surface area contributed by atoms with Gasteiger partial charge in [0.2, 0.25) is 0 Å². The number of aliphatic hydroxyl groups excluding tert-OH is 2.